The summed E-state index contributed by atoms with van der Waals surface area (Å²) in [4.78, 5) is 36.3. The van der Waals surface area contributed by atoms with E-state index in [9.17, 15) is 19.8 Å². The molecule has 0 radical (unpaired) electrons. The van der Waals surface area contributed by atoms with E-state index in [1.54, 1.807) is 11.5 Å². The van der Waals surface area contributed by atoms with E-state index in [0.29, 0.717) is 44.3 Å². The Morgan fingerprint density at radius 3 is 2.56 bits per heavy atom. The quantitative estimate of drug-likeness (QED) is 0.793. The summed E-state index contributed by atoms with van der Waals surface area (Å²) in [5, 5.41) is 19.0. The van der Waals surface area contributed by atoms with Crippen LogP contribution < -0.4 is 10.3 Å². The Bertz CT molecular complexity index is 855. The van der Waals surface area contributed by atoms with Crippen LogP contribution in [0.25, 0.3) is 11.0 Å². The molecular weight excluding hydrogens is 326 g/mol. The summed E-state index contributed by atoms with van der Waals surface area (Å²) in [6.07, 6.45) is 2.24. The van der Waals surface area contributed by atoms with Crippen LogP contribution in [0.2, 0.25) is 0 Å². The zero-order valence-corrected chi connectivity index (χ0v) is 14.2. The van der Waals surface area contributed by atoms with Crippen LogP contribution in [0.5, 0.6) is 0 Å². The molecule has 0 aliphatic carbocycles. The monoisotopic (exact) mass is 347 g/mol. The SMILES string of the molecule is CCn1cc(C(=O)O)c(=O)c2cnc(N3CCN(C(C)O)CC3)nc21. The number of hydrogen-bond acceptors (Lipinski definition) is 7. The van der Waals surface area contributed by atoms with Gasteiger partial charge in [0.1, 0.15) is 17.4 Å². The van der Waals surface area contributed by atoms with Crippen LogP contribution in [0.1, 0.15) is 24.2 Å². The molecule has 0 saturated carbocycles. The first-order valence-electron chi connectivity index (χ1n) is 8.23. The molecule has 9 heteroatoms. The first-order chi connectivity index (χ1) is 11.9. The van der Waals surface area contributed by atoms with E-state index in [1.807, 2.05) is 16.7 Å². The molecule has 0 amide bonds. The summed E-state index contributed by atoms with van der Waals surface area (Å²) in [7, 11) is 0. The van der Waals surface area contributed by atoms with Crippen molar-refractivity contribution in [3.8, 4) is 0 Å². The highest BCUT2D eigenvalue weighted by atomic mass is 16.4. The fraction of sp³-hybridized carbons (Fsp3) is 0.500. The zero-order valence-electron chi connectivity index (χ0n) is 14.2. The molecule has 1 unspecified atom stereocenters. The van der Waals surface area contributed by atoms with Crippen molar-refractivity contribution in [1.29, 1.82) is 0 Å². The van der Waals surface area contributed by atoms with Gasteiger partial charge in [0.25, 0.3) is 0 Å². The second kappa shape index (κ2) is 6.77. The molecule has 134 valence electrons. The third kappa shape index (κ3) is 3.20. The van der Waals surface area contributed by atoms with Gasteiger partial charge >= 0.3 is 5.97 Å². The number of pyridine rings is 1. The fourth-order valence-electron chi connectivity index (χ4n) is 3.00. The van der Waals surface area contributed by atoms with Crippen molar-refractivity contribution < 1.29 is 15.0 Å². The standard InChI is InChI=1S/C16H21N5O4/c1-3-19-9-12(15(24)25)13(23)11-8-17-16(18-14(11)19)21-6-4-20(5-7-21)10(2)22/h8-10,22H,3-7H2,1-2H3,(H,24,25). The van der Waals surface area contributed by atoms with Gasteiger partial charge in [-0.05, 0) is 13.8 Å². The molecule has 9 nitrogen and oxygen atoms in total. The normalized spacial score (nSPS) is 17.0. The number of nitrogens with zero attached hydrogens (tertiary/aromatic N) is 5. The highest BCUT2D eigenvalue weighted by Gasteiger charge is 2.22. The number of fused-ring (bicyclic) bond motifs is 1. The van der Waals surface area contributed by atoms with Gasteiger partial charge in [-0.25, -0.2) is 9.78 Å². The number of carbonyl (C=O) groups is 1. The van der Waals surface area contributed by atoms with Gasteiger partial charge < -0.3 is 19.7 Å². The molecule has 1 aliphatic rings. The topological polar surface area (TPSA) is 112 Å². The number of carboxylic acids is 1. The number of hydrogen-bond donors (Lipinski definition) is 2. The first-order valence-corrected chi connectivity index (χ1v) is 8.23. The lowest BCUT2D eigenvalue weighted by atomic mass is 10.2. The molecule has 0 aromatic carbocycles. The van der Waals surface area contributed by atoms with Crippen LogP contribution in [0.3, 0.4) is 0 Å². The van der Waals surface area contributed by atoms with E-state index in [4.69, 9.17) is 0 Å². The number of aryl methyl sites for hydroxylation is 1. The molecule has 1 aliphatic heterocycles. The van der Waals surface area contributed by atoms with Crippen LogP contribution >= 0.6 is 0 Å². The van der Waals surface area contributed by atoms with Gasteiger partial charge in [-0.15, -0.1) is 0 Å². The second-order valence-corrected chi connectivity index (χ2v) is 6.03. The van der Waals surface area contributed by atoms with Gasteiger partial charge in [0, 0.05) is 45.1 Å². The summed E-state index contributed by atoms with van der Waals surface area (Å²) in [6.45, 7) is 6.80. The minimum atomic E-state index is -1.26. The van der Waals surface area contributed by atoms with Crippen LogP contribution in [0, 0.1) is 0 Å². The Kier molecular flexibility index (Phi) is 4.69. The van der Waals surface area contributed by atoms with Crippen LogP contribution in [0.4, 0.5) is 5.95 Å². The second-order valence-electron chi connectivity index (χ2n) is 6.03. The van der Waals surface area contributed by atoms with Gasteiger partial charge in [-0.1, -0.05) is 0 Å². The molecule has 3 rings (SSSR count). The van der Waals surface area contributed by atoms with Crippen LogP contribution in [0.15, 0.2) is 17.2 Å². The van der Waals surface area contributed by atoms with E-state index >= 15 is 0 Å². The highest BCUT2D eigenvalue weighted by molar-refractivity contribution is 5.91. The van der Waals surface area contributed by atoms with E-state index in [-0.39, 0.29) is 10.9 Å². The maximum atomic E-state index is 12.3. The molecule has 2 aromatic heterocycles. The van der Waals surface area contributed by atoms with Crippen molar-refractivity contribution in [2.45, 2.75) is 26.6 Å². The molecule has 0 spiro atoms. The van der Waals surface area contributed by atoms with Crippen molar-refractivity contribution in [2.75, 3.05) is 31.1 Å². The van der Waals surface area contributed by atoms with Gasteiger partial charge in [-0.2, -0.15) is 4.98 Å². The summed E-state index contributed by atoms with van der Waals surface area (Å²) in [5.41, 5.74) is -0.422. The predicted octanol–water partition coefficient (Wildman–Crippen LogP) is -0.0301. The minimum absolute atomic E-state index is 0.202. The van der Waals surface area contributed by atoms with Gasteiger partial charge in [0.05, 0.1) is 5.39 Å². The summed E-state index contributed by atoms with van der Waals surface area (Å²) >= 11 is 0. The molecule has 1 saturated heterocycles. The third-order valence-electron chi connectivity index (χ3n) is 4.50. The highest BCUT2D eigenvalue weighted by Crippen LogP contribution is 2.16. The lowest BCUT2D eigenvalue weighted by Crippen LogP contribution is -2.50. The Hall–Kier alpha value is -2.52. The summed E-state index contributed by atoms with van der Waals surface area (Å²) < 4.78 is 1.65. The molecule has 3 heterocycles. The largest absolute Gasteiger partial charge is 0.477 e. The molecule has 1 atom stereocenters. The Balaban J connectivity index is 1.99. The average molecular weight is 347 g/mol. The molecular formula is C16H21N5O4. The van der Waals surface area contributed by atoms with Crippen LogP contribution in [-0.4, -0.2) is 68.0 Å². The lowest BCUT2D eigenvalue weighted by molar-refractivity contribution is 0.0151. The maximum Gasteiger partial charge on any atom is 0.341 e. The number of aliphatic hydroxyl groups excluding tert-OH is 1. The van der Waals surface area contributed by atoms with Crippen molar-refractivity contribution in [2.24, 2.45) is 0 Å². The smallest absolute Gasteiger partial charge is 0.341 e. The fourth-order valence-corrected chi connectivity index (χ4v) is 3.00. The van der Waals surface area contributed by atoms with E-state index < -0.39 is 17.6 Å². The van der Waals surface area contributed by atoms with Crippen LogP contribution in [-0.2, 0) is 6.54 Å². The number of aromatic carboxylic acids is 1. The number of carboxylic acid groups (broad SMARTS) is 1. The van der Waals surface area contributed by atoms with E-state index in [0.717, 1.165) is 0 Å². The number of anilines is 1. The number of piperazine rings is 1. The number of aromatic nitrogens is 3. The third-order valence-corrected chi connectivity index (χ3v) is 4.50. The molecule has 1 fully saturated rings. The van der Waals surface area contributed by atoms with E-state index in [1.165, 1.54) is 12.4 Å². The minimum Gasteiger partial charge on any atom is -0.477 e. The van der Waals surface area contributed by atoms with Gasteiger partial charge in [0.15, 0.2) is 0 Å². The van der Waals surface area contributed by atoms with Crippen molar-refractivity contribution in [1.82, 2.24) is 19.4 Å². The van der Waals surface area contributed by atoms with Crippen molar-refractivity contribution in [3.63, 3.8) is 0 Å². The number of rotatable bonds is 4. The maximum absolute atomic E-state index is 12.3. The Morgan fingerprint density at radius 2 is 2.00 bits per heavy atom. The predicted molar refractivity (Wildman–Crippen MR) is 91.9 cm³/mol. The van der Waals surface area contributed by atoms with Crippen molar-refractivity contribution >= 4 is 23.0 Å². The summed E-state index contributed by atoms with van der Waals surface area (Å²) in [6, 6.07) is 0. The molecule has 25 heavy (non-hydrogen) atoms. The molecule has 2 N–H and O–H groups in total. The van der Waals surface area contributed by atoms with Crippen molar-refractivity contribution in [3.05, 3.63) is 28.2 Å². The lowest BCUT2D eigenvalue weighted by Gasteiger charge is -2.36. The average Bonchev–Trinajstić information content (AvgIpc) is 2.61. The van der Waals surface area contributed by atoms with Gasteiger partial charge in [0.2, 0.25) is 11.4 Å². The van der Waals surface area contributed by atoms with Gasteiger partial charge in [-0.3, -0.25) is 9.69 Å². The molecule has 0 bridgehead atoms. The zero-order chi connectivity index (χ0) is 18.1. The molecule has 2 aromatic rings. The Morgan fingerprint density at radius 1 is 1.32 bits per heavy atom. The van der Waals surface area contributed by atoms with E-state index in [2.05, 4.69) is 9.97 Å². The Labute approximate surface area is 144 Å². The number of aliphatic hydroxyl groups is 1. The summed E-state index contributed by atoms with van der Waals surface area (Å²) in [5.74, 6) is -0.755. The first kappa shape index (κ1) is 17.3.